The third-order valence-electron chi connectivity index (χ3n) is 4.67. The van der Waals surface area contributed by atoms with Crippen molar-refractivity contribution in [3.63, 3.8) is 0 Å². The summed E-state index contributed by atoms with van der Waals surface area (Å²) in [7, 11) is 0. The smallest absolute Gasteiger partial charge is 0.0626 e. The number of fused-ring (bicyclic) bond motifs is 2. The van der Waals surface area contributed by atoms with Gasteiger partial charge in [-0.1, -0.05) is 13.8 Å². The molecule has 0 spiro atoms. The van der Waals surface area contributed by atoms with Crippen molar-refractivity contribution in [3.05, 3.63) is 0 Å². The van der Waals surface area contributed by atoms with Crippen molar-refractivity contribution in [1.82, 2.24) is 0 Å². The maximum Gasteiger partial charge on any atom is 0.0626 e. The first-order valence-corrected chi connectivity index (χ1v) is 4.83. The van der Waals surface area contributed by atoms with E-state index in [9.17, 15) is 10.2 Å². The lowest BCUT2D eigenvalue weighted by atomic mass is 9.69. The lowest BCUT2D eigenvalue weighted by Gasteiger charge is -2.38. The monoisotopic (exact) mass is 170 g/mol. The topological polar surface area (TPSA) is 40.5 Å². The number of aliphatic hydroxyl groups is 2. The second-order valence-electron chi connectivity index (χ2n) is 5.02. The third-order valence-corrected chi connectivity index (χ3v) is 4.67. The highest BCUT2D eigenvalue weighted by atomic mass is 16.3. The van der Waals surface area contributed by atoms with Gasteiger partial charge in [-0.2, -0.15) is 0 Å². The van der Waals surface area contributed by atoms with E-state index in [-0.39, 0.29) is 23.5 Å². The van der Waals surface area contributed by atoms with Crippen molar-refractivity contribution >= 4 is 0 Å². The molecule has 3 unspecified atom stereocenters. The van der Waals surface area contributed by atoms with Crippen molar-refractivity contribution < 1.29 is 10.2 Å². The van der Waals surface area contributed by atoms with Gasteiger partial charge in [0.2, 0.25) is 0 Å². The Balaban J connectivity index is 2.39. The van der Waals surface area contributed by atoms with Gasteiger partial charge < -0.3 is 10.2 Å². The molecular weight excluding hydrogens is 152 g/mol. The molecular formula is C10H18O2. The lowest BCUT2D eigenvalue weighted by Crippen LogP contribution is -2.41. The van der Waals surface area contributed by atoms with E-state index >= 15 is 0 Å². The SMILES string of the molecule is CC1(C)C2CCC1(CO)C(O)C2. The summed E-state index contributed by atoms with van der Waals surface area (Å²) in [4.78, 5) is 0. The van der Waals surface area contributed by atoms with E-state index in [2.05, 4.69) is 13.8 Å². The fraction of sp³-hybridized carbons (Fsp3) is 1.00. The number of hydrogen-bond acceptors (Lipinski definition) is 2. The van der Waals surface area contributed by atoms with Crippen LogP contribution in [0.2, 0.25) is 0 Å². The molecule has 0 amide bonds. The molecule has 0 radical (unpaired) electrons. The van der Waals surface area contributed by atoms with Crippen molar-refractivity contribution in [3.8, 4) is 0 Å². The zero-order chi connectivity index (χ0) is 8.98. The number of rotatable bonds is 1. The van der Waals surface area contributed by atoms with Crippen LogP contribution in [0.15, 0.2) is 0 Å². The first-order valence-electron chi connectivity index (χ1n) is 4.83. The van der Waals surface area contributed by atoms with Crippen LogP contribution in [0.25, 0.3) is 0 Å². The predicted molar refractivity (Wildman–Crippen MR) is 46.6 cm³/mol. The molecule has 2 saturated carbocycles. The van der Waals surface area contributed by atoms with E-state index in [1.54, 1.807) is 0 Å². The Morgan fingerprint density at radius 3 is 2.33 bits per heavy atom. The molecule has 0 saturated heterocycles. The summed E-state index contributed by atoms with van der Waals surface area (Å²) >= 11 is 0. The van der Waals surface area contributed by atoms with E-state index in [1.165, 1.54) is 6.42 Å². The van der Waals surface area contributed by atoms with Crippen LogP contribution in [0.3, 0.4) is 0 Å². The molecule has 0 aliphatic heterocycles. The van der Waals surface area contributed by atoms with Crippen molar-refractivity contribution in [2.75, 3.05) is 6.61 Å². The summed E-state index contributed by atoms with van der Waals surface area (Å²) in [6.07, 6.45) is 2.82. The minimum Gasteiger partial charge on any atom is -0.396 e. The van der Waals surface area contributed by atoms with Gasteiger partial charge in [-0.05, 0) is 30.6 Å². The molecule has 2 fully saturated rings. The quantitative estimate of drug-likeness (QED) is 0.620. The molecule has 2 rings (SSSR count). The molecule has 0 heterocycles. The first-order chi connectivity index (χ1) is 5.54. The van der Waals surface area contributed by atoms with Crippen LogP contribution in [0.5, 0.6) is 0 Å². The fourth-order valence-electron chi connectivity index (χ4n) is 3.41. The average Bonchev–Trinajstić information content (AvgIpc) is 2.36. The largest absolute Gasteiger partial charge is 0.396 e. The Labute approximate surface area is 73.6 Å². The Hall–Kier alpha value is -0.0800. The van der Waals surface area contributed by atoms with Gasteiger partial charge in [0, 0.05) is 5.41 Å². The lowest BCUT2D eigenvalue weighted by molar-refractivity contribution is -0.0446. The summed E-state index contributed by atoms with van der Waals surface area (Å²) in [5, 5.41) is 19.2. The predicted octanol–water partition coefficient (Wildman–Crippen LogP) is 1.17. The first kappa shape index (κ1) is 8.52. The molecule has 2 bridgehead atoms. The summed E-state index contributed by atoms with van der Waals surface area (Å²) in [5.41, 5.74) is -0.0428. The number of aliphatic hydroxyl groups excluding tert-OH is 2. The molecule has 70 valence electrons. The van der Waals surface area contributed by atoms with Crippen LogP contribution < -0.4 is 0 Å². The molecule has 2 N–H and O–H groups in total. The van der Waals surface area contributed by atoms with Gasteiger partial charge in [0.15, 0.2) is 0 Å². The Morgan fingerprint density at radius 2 is 2.08 bits per heavy atom. The van der Waals surface area contributed by atoms with Gasteiger partial charge >= 0.3 is 0 Å². The van der Waals surface area contributed by atoms with Crippen LogP contribution in [0, 0.1) is 16.7 Å². The van der Waals surface area contributed by atoms with E-state index in [0.29, 0.717) is 5.92 Å². The van der Waals surface area contributed by atoms with Crippen molar-refractivity contribution in [1.29, 1.82) is 0 Å². The Bertz CT molecular complexity index is 200. The van der Waals surface area contributed by atoms with E-state index in [0.717, 1.165) is 12.8 Å². The van der Waals surface area contributed by atoms with Crippen LogP contribution in [-0.4, -0.2) is 22.9 Å². The molecule has 0 aromatic rings. The summed E-state index contributed by atoms with van der Waals surface area (Å²) in [5.74, 6) is 0.625. The molecule has 2 aliphatic rings. The molecule has 0 aromatic heterocycles. The number of hydrogen-bond donors (Lipinski definition) is 2. The van der Waals surface area contributed by atoms with E-state index in [4.69, 9.17) is 0 Å². The van der Waals surface area contributed by atoms with Gasteiger partial charge in [0.05, 0.1) is 12.7 Å². The molecule has 2 nitrogen and oxygen atoms in total. The van der Waals surface area contributed by atoms with Crippen LogP contribution >= 0.6 is 0 Å². The van der Waals surface area contributed by atoms with E-state index in [1.807, 2.05) is 0 Å². The summed E-state index contributed by atoms with van der Waals surface area (Å²) in [6.45, 7) is 4.53. The zero-order valence-corrected chi connectivity index (χ0v) is 7.88. The van der Waals surface area contributed by atoms with Gasteiger partial charge in [-0.25, -0.2) is 0 Å². The van der Waals surface area contributed by atoms with Crippen LogP contribution in [-0.2, 0) is 0 Å². The molecule has 12 heavy (non-hydrogen) atoms. The average molecular weight is 170 g/mol. The Kier molecular flexibility index (Phi) is 1.59. The Morgan fingerprint density at radius 1 is 1.42 bits per heavy atom. The summed E-state index contributed by atoms with van der Waals surface area (Å²) < 4.78 is 0. The zero-order valence-electron chi connectivity index (χ0n) is 7.88. The second-order valence-corrected chi connectivity index (χ2v) is 5.02. The molecule has 0 aromatic carbocycles. The van der Waals surface area contributed by atoms with E-state index < -0.39 is 0 Å². The van der Waals surface area contributed by atoms with Crippen molar-refractivity contribution in [2.45, 2.75) is 39.2 Å². The van der Waals surface area contributed by atoms with Crippen LogP contribution in [0.4, 0.5) is 0 Å². The van der Waals surface area contributed by atoms with Gasteiger partial charge in [-0.3, -0.25) is 0 Å². The van der Waals surface area contributed by atoms with Gasteiger partial charge in [0.25, 0.3) is 0 Å². The molecule has 2 heteroatoms. The molecule has 3 atom stereocenters. The highest BCUT2D eigenvalue weighted by Gasteiger charge is 2.63. The third kappa shape index (κ3) is 0.686. The highest BCUT2D eigenvalue weighted by Crippen LogP contribution is 2.65. The standard InChI is InChI=1S/C10H18O2/c1-9(2)7-3-4-10(9,6-11)8(12)5-7/h7-8,11-12H,3-6H2,1-2H3. The maximum atomic E-state index is 9.85. The molecule has 2 aliphatic carbocycles. The van der Waals surface area contributed by atoms with Crippen LogP contribution in [0.1, 0.15) is 33.1 Å². The normalized spacial score (nSPS) is 50.0. The van der Waals surface area contributed by atoms with Gasteiger partial charge in [-0.15, -0.1) is 0 Å². The van der Waals surface area contributed by atoms with Crippen molar-refractivity contribution in [2.24, 2.45) is 16.7 Å². The maximum absolute atomic E-state index is 9.85. The highest BCUT2D eigenvalue weighted by molar-refractivity contribution is 5.12. The fourth-order valence-corrected chi connectivity index (χ4v) is 3.41. The van der Waals surface area contributed by atoms with Gasteiger partial charge in [0.1, 0.15) is 0 Å². The minimum atomic E-state index is -0.267. The minimum absolute atomic E-state index is 0.140. The second kappa shape index (κ2) is 2.24. The summed E-state index contributed by atoms with van der Waals surface area (Å²) in [6, 6.07) is 0.